The number of hydrogen-bond acceptors (Lipinski definition) is 6. The van der Waals surface area contributed by atoms with Gasteiger partial charge in [-0.25, -0.2) is 0 Å². The first-order valence-electron chi connectivity index (χ1n) is 8.02. The average molecular weight is 368 g/mol. The molecule has 0 amide bonds. The van der Waals surface area contributed by atoms with Gasteiger partial charge in [-0.2, -0.15) is 0 Å². The molecular weight excluding hydrogens is 351 g/mol. The maximum atomic E-state index is 11.3. The summed E-state index contributed by atoms with van der Waals surface area (Å²) in [6.45, 7) is 1.92. The molecule has 0 fully saturated rings. The Hall–Kier alpha value is -3.42. The SMILES string of the molecule is COc1cc(C(=O)O)c(OC)cc1OCc1cbc(-c2ccc(O)cc2)o1. The molecule has 0 aliphatic carbocycles. The fraction of sp³-hybridized carbons (Fsp3) is 0.158. The number of hydrogen-bond donors (Lipinski definition) is 2. The summed E-state index contributed by atoms with van der Waals surface area (Å²) in [6.07, 6.45) is 0. The van der Waals surface area contributed by atoms with Crippen LogP contribution in [0.4, 0.5) is 0 Å². The standard InChI is InChI=1S/C19H17BO7/c1-24-15-8-17(16(25-2)7-14(15)19(22)23)26-10-13-9-20-18(27-13)11-3-5-12(21)6-4-11/h3-9,21H,10H2,1-2H3,(H,22,23). The molecule has 0 bridgehead atoms. The number of methoxy groups -OCH3 is 2. The van der Waals surface area contributed by atoms with Gasteiger partial charge in [0.2, 0.25) is 0 Å². The Balaban J connectivity index is 1.78. The number of aromatic carboxylic acids is 1. The molecule has 0 spiro atoms. The number of aromatic hydroxyl groups is 1. The van der Waals surface area contributed by atoms with Gasteiger partial charge in [-0.15, -0.1) is 0 Å². The number of ether oxygens (including phenoxy) is 3. The van der Waals surface area contributed by atoms with E-state index in [-0.39, 0.29) is 29.4 Å². The van der Waals surface area contributed by atoms with Crippen molar-refractivity contribution in [3.05, 3.63) is 53.7 Å². The Morgan fingerprint density at radius 3 is 2.41 bits per heavy atom. The van der Waals surface area contributed by atoms with Crippen LogP contribution in [0.3, 0.4) is 0 Å². The van der Waals surface area contributed by atoms with E-state index in [1.54, 1.807) is 37.1 Å². The van der Waals surface area contributed by atoms with Gasteiger partial charge in [0.15, 0.2) is 0 Å². The van der Waals surface area contributed by atoms with Gasteiger partial charge in [-0.3, -0.25) is 0 Å². The van der Waals surface area contributed by atoms with Crippen molar-refractivity contribution in [2.45, 2.75) is 6.61 Å². The molecule has 3 rings (SSSR count). The maximum absolute atomic E-state index is 11.3. The summed E-state index contributed by atoms with van der Waals surface area (Å²) in [4.78, 5) is 11.3. The Labute approximate surface area is 155 Å². The molecule has 0 atom stereocenters. The molecule has 2 aromatic carbocycles. The summed E-state index contributed by atoms with van der Waals surface area (Å²) in [5.74, 6) is 2.18. The Bertz CT molecular complexity index is 947. The van der Waals surface area contributed by atoms with E-state index in [1.807, 2.05) is 0 Å². The first kappa shape index (κ1) is 18.4. The molecular formula is C19H17BO7. The van der Waals surface area contributed by atoms with Crippen LogP contribution in [0.5, 0.6) is 23.0 Å². The van der Waals surface area contributed by atoms with E-state index in [9.17, 15) is 15.0 Å². The monoisotopic (exact) mass is 368 g/mol. The number of rotatable bonds is 7. The minimum absolute atomic E-state index is 0.0192. The van der Waals surface area contributed by atoms with Crippen molar-refractivity contribution in [3.63, 3.8) is 0 Å². The molecule has 0 saturated heterocycles. The summed E-state index contributed by atoms with van der Waals surface area (Å²) < 4.78 is 21.8. The summed E-state index contributed by atoms with van der Waals surface area (Å²) >= 11 is 0. The van der Waals surface area contributed by atoms with Crippen LogP contribution in [0.1, 0.15) is 16.1 Å². The van der Waals surface area contributed by atoms with Crippen molar-refractivity contribution >= 4 is 12.9 Å². The molecule has 3 aromatic rings. The third-order valence-corrected chi connectivity index (χ3v) is 3.90. The molecule has 0 saturated carbocycles. The molecule has 0 radical (unpaired) electrons. The molecule has 7 nitrogen and oxygen atoms in total. The van der Waals surface area contributed by atoms with Crippen molar-refractivity contribution < 1.29 is 33.6 Å². The third-order valence-electron chi connectivity index (χ3n) is 3.90. The predicted molar refractivity (Wildman–Crippen MR) is 98.0 cm³/mol. The molecule has 1 heterocycles. The van der Waals surface area contributed by atoms with Crippen LogP contribution in [0.25, 0.3) is 11.2 Å². The van der Waals surface area contributed by atoms with Gasteiger partial charge in [0, 0.05) is 0 Å². The molecule has 138 valence electrons. The van der Waals surface area contributed by atoms with Crippen LogP contribution in [-0.4, -0.2) is 37.3 Å². The quantitative estimate of drug-likeness (QED) is 0.660. The van der Waals surface area contributed by atoms with Gasteiger partial charge in [0.1, 0.15) is 0 Å². The second kappa shape index (κ2) is 7.86. The van der Waals surface area contributed by atoms with E-state index in [0.717, 1.165) is 5.56 Å². The second-order valence-corrected chi connectivity index (χ2v) is 5.61. The van der Waals surface area contributed by atoms with Crippen molar-refractivity contribution in [2.75, 3.05) is 14.2 Å². The van der Waals surface area contributed by atoms with Gasteiger partial charge in [-0.1, -0.05) is 0 Å². The molecule has 2 N–H and O–H groups in total. The van der Waals surface area contributed by atoms with Crippen molar-refractivity contribution in [1.29, 1.82) is 0 Å². The van der Waals surface area contributed by atoms with Crippen LogP contribution in [0.15, 0.2) is 46.8 Å². The zero-order chi connectivity index (χ0) is 19.4. The van der Waals surface area contributed by atoms with E-state index < -0.39 is 5.97 Å². The third kappa shape index (κ3) is 4.05. The van der Waals surface area contributed by atoms with Crippen LogP contribution in [0.2, 0.25) is 0 Å². The van der Waals surface area contributed by atoms with Gasteiger partial charge >= 0.3 is 155 Å². The molecule has 0 aliphatic heterocycles. The fourth-order valence-corrected chi connectivity index (χ4v) is 2.53. The van der Waals surface area contributed by atoms with Gasteiger partial charge in [0.25, 0.3) is 0 Å². The summed E-state index contributed by atoms with van der Waals surface area (Å²) in [5, 5.41) is 18.6. The minimum atomic E-state index is -1.12. The summed E-state index contributed by atoms with van der Waals surface area (Å²) in [7, 11) is 2.81. The first-order valence-corrected chi connectivity index (χ1v) is 8.02. The fourth-order valence-electron chi connectivity index (χ4n) is 2.53. The molecule has 1 aromatic heterocycles. The van der Waals surface area contributed by atoms with Crippen LogP contribution < -0.4 is 14.2 Å². The number of carboxylic acid groups (broad SMARTS) is 1. The van der Waals surface area contributed by atoms with Gasteiger partial charge < -0.3 is 0 Å². The number of phenols is 1. The molecule has 0 aliphatic rings. The number of benzene rings is 2. The topological polar surface area (TPSA) is 98.4 Å². The van der Waals surface area contributed by atoms with Gasteiger partial charge in [0.05, 0.1) is 0 Å². The Kier molecular flexibility index (Phi) is 5.35. The number of carboxylic acids is 1. The number of carbonyl (C=O) groups is 1. The molecule has 27 heavy (non-hydrogen) atoms. The zero-order valence-corrected chi connectivity index (χ0v) is 14.8. The van der Waals surface area contributed by atoms with Crippen LogP contribution >= 0.6 is 0 Å². The molecule has 8 heteroatoms. The Morgan fingerprint density at radius 2 is 1.78 bits per heavy atom. The van der Waals surface area contributed by atoms with Crippen LogP contribution in [0, 0.1) is 0 Å². The molecule has 0 unspecified atom stereocenters. The summed E-state index contributed by atoms with van der Waals surface area (Å²) in [6, 6.07) is 9.46. The van der Waals surface area contributed by atoms with Crippen molar-refractivity contribution in [3.8, 4) is 34.2 Å². The predicted octanol–water partition coefficient (Wildman–Crippen LogP) is 3.28. The average Bonchev–Trinajstić information content (AvgIpc) is 3.15. The summed E-state index contributed by atoms with van der Waals surface area (Å²) in [5.41, 5.74) is 1.44. The van der Waals surface area contributed by atoms with Crippen molar-refractivity contribution in [1.82, 2.24) is 0 Å². The van der Waals surface area contributed by atoms with Crippen LogP contribution in [-0.2, 0) is 6.61 Å². The van der Waals surface area contributed by atoms with E-state index >= 15 is 0 Å². The van der Waals surface area contributed by atoms with E-state index in [2.05, 4.69) is 0 Å². The van der Waals surface area contributed by atoms with E-state index in [4.69, 9.17) is 18.6 Å². The van der Waals surface area contributed by atoms with Crippen molar-refractivity contribution in [2.24, 2.45) is 0 Å². The first-order chi connectivity index (χ1) is 13.0. The van der Waals surface area contributed by atoms with E-state index in [0.29, 0.717) is 17.2 Å². The number of phenolic OH excluding ortho intramolecular Hbond substituents is 1. The second-order valence-electron chi connectivity index (χ2n) is 5.61. The van der Waals surface area contributed by atoms with E-state index in [1.165, 1.54) is 26.4 Å². The normalized spacial score (nSPS) is 10.3. The Morgan fingerprint density at radius 1 is 1.07 bits per heavy atom. The van der Waals surface area contributed by atoms with Gasteiger partial charge in [-0.05, 0) is 0 Å². The zero-order valence-electron chi connectivity index (χ0n) is 14.8.